The van der Waals surface area contributed by atoms with Gasteiger partial charge in [0.15, 0.2) is 5.78 Å². The molecule has 4 N–H and O–H groups in total. The molecule has 0 aromatic carbocycles. The van der Waals surface area contributed by atoms with E-state index < -0.39 is 99.7 Å². The predicted molar refractivity (Wildman–Crippen MR) is 267 cm³/mol. The Morgan fingerprint density at radius 1 is 0.873 bits per heavy atom. The lowest BCUT2D eigenvalue weighted by molar-refractivity contribution is -0.263. The molecule has 4 rings (SSSR count). The van der Waals surface area contributed by atoms with Crippen molar-refractivity contribution in [1.82, 2.24) is 9.62 Å². The highest BCUT2D eigenvalue weighted by molar-refractivity contribution is 7.89. The van der Waals surface area contributed by atoms with Gasteiger partial charge in [-0.05, 0) is 115 Å². The summed E-state index contributed by atoms with van der Waals surface area (Å²) in [5.74, 6) is -9.27. The van der Waals surface area contributed by atoms with Gasteiger partial charge in [0.2, 0.25) is 15.8 Å². The lowest BCUT2D eigenvalue weighted by Gasteiger charge is -2.42. The number of cyclic esters (lactones) is 1. The maximum atomic E-state index is 14.2. The number of sulfonamides is 1. The Hall–Kier alpha value is -3.46. The molecule has 0 spiro atoms. The second kappa shape index (κ2) is 27.7. The molecule has 3 heterocycles. The summed E-state index contributed by atoms with van der Waals surface area (Å²) in [6, 6.07) is -2.18. The Morgan fingerprint density at radius 3 is 2.23 bits per heavy atom. The van der Waals surface area contributed by atoms with E-state index in [4.69, 9.17) is 23.7 Å². The third-order valence-corrected chi connectivity index (χ3v) is 16.9. The van der Waals surface area contributed by atoms with Crippen molar-refractivity contribution in [2.24, 2.45) is 35.5 Å². The van der Waals surface area contributed by atoms with Gasteiger partial charge in [-0.25, -0.2) is 17.9 Å². The van der Waals surface area contributed by atoms with Crippen LogP contribution in [0.1, 0.15) is 126 Å². The molecule has 17 nitrogen and oxygen atoms in total. The summed E-state index contributed by atoms with van der Waals surface area (Å²) >= 11 is 0. The van der Waals surface area contributed by atoms with Gasteiger partial charge in [-0.1, -0.05) is 69.7 Å². The third kappa shape index (κ3) is 17.0. The van der Waals surface area contributed by atoms with Crippen molar-refractivity contribution in [1.29, 1.82) is 0 Å². The molecule has 71 heavy (non-hydrogen) atoms. The van der Waals surface area contributed by atoms with E-state index in [2.05, 4.69) is 4.72 Å². The van der Waals surface area contributed by atoms with Gasteiger partial charge in [0.25, 0.3) is 11.7 Å². The Balaban J connectivity index is 1.69. The number of hydrogen-bond donors (Lipinski definition) is 4. The van der Waals surface area contributed by atoms with Crippen molar-refractivity contribution >= 4 is 39.2 Å². The lowest BCUT2D eigenvalue weighted by atomic mass is 9.78. The molecule has 2 bridgehead atoms. The number of carbonyl (C=O) groups excluding carboxylic acids is 5. The second-order valence-corrected chi connectivity index (χ2v) is 22.7. The molecule has 0 aromatic heterocycles. The number of Topliss-reactive ketones (excluding diaryl/α,β-unsaturated/α-hetero) is 3. The van der Waals surface area contributed by atoms with Crippen LogP contribution < -0.4 is 4.72 Å². The van der Waals surface area contributed by atoms with Crippen LogP contribution in [-0.4, -0.2) is 153 Å². The number of fused-ring (bicyclic) bond motifs is 2. The average Bonchev–Trinajstić information content (AvgIpc) is 3.33. The Bertz CT molecular complexity index is 2050. The number of aliphatic hydroxyl groups is 3. The molecule has 4 aliphatic rings. The summed E-state index contributed by atoms with van der Waals surface area (Å²) < 4.78 is 59.0. The minimum atomic E-state index is -3.85. The van der Waals surface area contributed by atoms with Crippen LogP contribution in [0.15, 0.2) is 47.6 Å². The summed E-state index contributed by atoms with van der Waals surface area (Å²) in [7, 11) is 0.280. The number of ketones is 3. The molecule has 1 aliphatic carbocycles. The van der Waals surface area contributed by atoms with Crippen LogP contribution in [0.3, 0.4) is 0 Å². The second-order valence-electron chi connectivity index (χ2n) is 20.9. The maximum Gasteiger partial charge on any atom is 0.328 e. The number of carbonyl (C=O) groups is 5. The summed E-state index contributed by atoms with van der Waals surface area (Å²) in [6.45, 7) is 12.6. The smallest absolute Gasteiger partial charge is 0.328 e. The van der Waals surface area contributed by atoms with E-state index in [1.165, 1.54) is 21.1 Å². The van der Waals surface area contributed by atoms with E-state index in [0.29, 0.717) is 82.1 Å². The number of aliphatic hydroxyl groups excluding tert-OH is 2. The molecule has 18 heteroatoms. The fourth-order valence-corrected chi connectivity index (χ4v) is 11.9. The lowest BCUT2D eigenvalue weighted by Crippen LogP contribution is -2.59. The van der Waals surface area contributed by atoms with Crippen LogP contribution in [0.2, 0.25) is 0 Å². The molecule has 3 fully saturated rings. The molecule has 2 saturated heterocycles. The van der Waals surface area contributed by atoms with Crippen molar-refractivity contribution < 1.29 is 71.4 Å². The average molecular weight is 1020 g/mol. The number of methoxy groups -OCH3 is 2. The van der Waals surface area contributed by atoms with Crippen LogP contribution in [0.5, 0.6) is 0 Å². The molecular weight excluding hydrogens is 937 g/mol. The number of nitrogens with one attached hydrogen (secondary N) is 1. The van der Waals surface area contributed by atoms with Crippen molar-refractivity contribution in [3.63, 3.8) is 0 Å². The molecule has 6 unspecified atom stereocenters. The number of likely N-dealkylation sites (N-methyl/N-ethyl adjacent to an activating group) is 1. The molecule has 1 amide bonds. The fraction of sp³-hybridized carbons (Fsp3) is 0.755. The molecular formula is C53H84N2O15S. The number of nitrogens with zero attached hydrogens (tertiary/aromatic N) is 1. The summed E-state index contributed by atoms with van der Waals surface area (Å²) in [6.07, 6.45) is 10.0. The standard InChI is InChI=1S/C53H84N2O15S/c1-32-16-14-12-11-13-15-17-33(2)47(58)49(67-10)48(59)36(5)26-34(3)44(57)30-45(35(4)27-40-19-21-43(56)46(28-40)66-9)69-52(62)38(7)55(8)51(61)50(60)53(63)37(6)18-20-41(70-53)29-42(32)54-71(64,65)31-39-22-24-68-25-23-39/h11-14,16,26,33-35,37-43,45-46,48-49,54,56,59,63H,15,17-25,27-31H2,1-10H3/b13-11+,14-12+,32-16+,36-26+/t33?,34?,35-,37+,38?,40+,41-,42+,43-,45?,46-,48?,49?,53+/m1/s1. The number of ether oxygens (including phenoxy) is 5. The maximum absolute atomic E-state index is 14.2. The largest absolute Gasteiger partial charge is 0.460 e. The topological polar surface area (TPSA) is 242 Å². The van der Waals surface area contributed by atoms with Gasteiger partial charge in [0.1, 0.15) is 30.1 Å². The van der Waals surface area contributed by atoms with Crippen molar-refractivity contribution in [2.45, 2.75) is 180 Å². The number of amides is 1. The van der Waals surface area contributed by atoms with Crippen LogP contribution >= 0.6 is 0 Å². The van der Waals surface area contributed by atoms with E-state index >= 15 is 0 Å². The van der Waals surface area contributed by atoms with Crippen molar-refractivity contribution in [2.75, 3.05) is 40.2 Å². The zero-order valence-electron chi connectivity index (χ0n) is 43.7. The summed E-state index contributed by atoms with van der Waals surface area (Å²) in [4.78, 5) is 70.8. The highest BCUT2D eigenvalue weighted by Crippen LogP contribution is 2.37. The van der Waals surface area contributed by atoms with Crippen LogP contribution in [0.4, 0.5) is 0 Å². The van der Waals surface area contributed by atoms with Crippen molar-refractivity contribution in [3.8, 4) is 0 Å². The quantitative estimate of drug-likeness (QED) is 0.133. The predicted octanol–water partition coefficient (Wildman–Crippen LogP) is 5.10. The van der Waals surface area contributed by atoms with Crippen LogP contribution in [0.25, 0.3) is 0 Å². The summed E-state index contributed by atoms with van der Waals surface area (Å²) in [5.41, 5.74) is 0.975. The van der Waals surface area contributed by atoms with Crippen molar-refractivity contribution in [3.05, 3.63) is 47.6 Å². The third-order valence-electron chi connectivity index (χ3n) is 15.3. The summed E-state index contributed by atoms with van der Waals surface area (Å²) in [5, 5.41) is 33.8. The van der Waals surface area contributed by atoms with Gasteiger partial charge in [0, 0.05) is 64.7 Å². The Morgan fingerprint density at radius 2 is 1.56 bits per heavy atom. The highest BCUT2D eigenvalue weighted by atomic mass is 32.2. The van der Waals surface area contributed by atoms with E-state index in [-0.39, 0.29) is 54.5 Å². The molecule has 14 atom stereocenters. The van der Waals surface area contributed by atoms with Gasteiger partial charge in [-0.2, -0.15) is 0 Å². The molecule has 0 aromatic rings. The normalized spacial score (nSPS) is 37.8. The fourth-order valence-electron chi connectivity index (χ4n) is 10.1. The number of hydrogen-bond acceptors (Lipinski definition) is 15. The van der Waals surface area contributed by atoms with Gasteiger partial charge >= 0.3 is 5.97 Å². The first-order valence-corrected chi connectivity index (χ1v) is 27.2. The first kappa shape index (κ1) is 60.1. The monoisotopic (exact) mass is 1020 g/mol. The van der Waals surface area contributed by atoms with Crippen LogP contribution in [-0.2, 0) is 57.7 Å². The minimum absolute atomic E-state index is 0.0245. The van der Waals surface area contributed by atoms with E-state index in [9.17, 15) is 47.7 Å². The van der Waals surface area contributed by atoms with Gasteiger partial charge in [-0.15, -0.1) is 0 Å². The zero-order chi connectivity index (χ0) is 52.8. The molecule has 0 radical (unpaired) electrons. The molecule has 3 aliphatic heterocycles. The first-order chi connectivity index (χ1) is 33.4. The molecule has 402 valence electrons. The first-order valence-electron chi connectivity index (χ1n) is 25.6. The van der Waals surface area contributed by atoms with Gasteiger partial charge in [-0.3, -0.25) is 19.2 Å². The van der Waals surface area contributed by atoms with E-state index in [0.717, 1.165) is 4.90 Å². The highest BCUT2D eigenvalue weighted by Gasteiger charge is 2.52. The van der Waals surface area contributed by atoms with E-state index in [1.54, 1.807) is 66.0 Å². The number of allylic oxidation sites excluding steroid dienone is 6. The zero-order valence-corrected chi connectivity index (χ0v) is 44.6. The van der Waals surface area contributed by atoms with Crippen LogP contribution in [0, 0.1) is 35.5 Å². The number of esters is 1. The van der Waals surface area contributed by atoms with Gasteiger partial charge < -0.3 is 43.9 Å². The van der Waals surface area contributed by atoms with E-state index in [1.807, 2.05) is 19.1 Å². The Kier molecular flexibility index (Phi) is 23.5. The Labute approximate surface area is 422 Å². The van der Waals surface area contributed by atoms with Gasteiger partial charge in [0.05, 0.1) is 24.1 Å². The minimum Gasteiger partial charge on any atom is -0.460 e. The molecule has 1 saturated carbocycles. The SMILES string of the molecule is COC1C(=O)C(C)CC/C=C/C=C/C=C(\C)[C@@H](NS(=O)(=O)CC2CCOCC2)C[C@H]2CC[C@H](C)[C@](O)(O2)C(=O)C(=O)N(C)C(C)C(=O)OC([C@H](C)C[C@@H]2CC[C@@H](O)[C@H](OC)C2)CC(=O)C(C)/C=C(\C)C1O. The number of rotatable bonds is 9.